The number of fused-ring (bicyclic) bond motifs is 7. The van der Waals surface area contributed by atoms with Gasteiger partial charge in [0, 0.05) is 40.7 Å². The summed E-state index contributed by atoms with van der Waals surface area (Å²) >= 11 is 0. The fourth-order valence-electron chi connectivity index (χ4n) is 7.64. The van der Waals surface area contributed by atoms with E-state index in [2.05, 4.69) is 15.5 Å². The van der Waals surface area contributed by atoms with Gasteiger partial charge in [0.15, 0.2) is 5.78 Å². The van der Waals surface area contributed by atoms with Crippen LogP contribution in [0.5, 0.6) is 0 Å². The highest BCUT2D eigenvalue weighted by Gasteiger charge is 2.81. The van der Waals surface area contributed by atoms with Crippen LogP contribution in [0.25, 0.3) is 0 Å². The van der Waals surface area contributed by atoms with Crippen molar-refractivity contribution in [1.29, 1.82) is 0 Å². The summed E-state index contributed by atoms with van der Waals surface area (Å²) in [6.07, 6.45) is 1.39. The molecule has 0 saturated carbocycles. The lowest BCUT2D eigenvalue weighted by Crippen LogP contribution is -2.62. The van der Waals surface area contributed by atoms with Gasteiger partial charge in [-0.15, -0.1) is 0 Å². The van der Waals surface area contributed by atoms with E-state index >= 15 is 0 Å². The summed E-state index contributed by atoms with van der Waals surface area (Å²) in [4.78, 5) is 56.4. The first kappa shape index (κ1) is 22.8. The van der Waals surface area contributed by atoms with Crippen LogP contribution in [-0.4, -0.2) is 40.0 Å². The minimum absolute atomic E-state index is 0.160. The minimum Gasteiger partial charge on any atom is -0.325 e. The van der Waals surface area contributed by atoms with E-state index in [9.17, 15) is 24.5 Å². The molecule has 4 heterocycles. The molecule has 2 N–H and O–H groups in total. The molecule has 0 radical (unpaired) electrons. The highest BCUT2D eigenvalue weighted by atomic mass is 16.6. The molecule has 190 valence electrons. The van der Waals surface area contributed by atoms with Crippen LogP contribution in [0.15, 0.2) is 66.7 Å². The minimum atomic E-state index is -1.57. The van der Waals surface area contributed by atoms with E-state index in [1.165, 1.54) is 18.2 Å². The third-order valence-corrected chi connectivity index (χ3v) is 8.88. The zero-order chi connectivity index (χ0) is 26.4. The standard InChI is InChI=1S/C29H24N4O5/c1-16-11-12-22-20(14-16)29(27(36)31-22)28(19-8-2-3-9-21(19)30-26(28)35)24(23-10-5-13-32(23)29)25(34)17-6-4-7-18(15-17)33(37)38/h2-4,6-9,11-12,14-15,23-24H,5,10,13H2,1H3,(H,30,35)(H,31,36)/t23-,24+,28+,29-/m1/s1. The lowest BCUT2D eigenvalue weighted by Gasteiger charge is -2.43. The Balaban J connectivity index is 1.57. The van der Waals surface area contributed by atoms with Crippen molar-refractivity contribution >= 4 is 34.7 Å². The third-order valence-electron chi connectivity index (χ3n) is 8.88. The van der Waals surface area contributed by atoms with Crippen molar-refractivity contribution in [3.63, 3.8) is 0 Å². The zero-order valence-corrected chi connectivity index (χ0v) is 20.6. The van der Waals surface area contributed by atoms with Gasteiger partial charge in [0.05, 0.1) is 10.8 Å². The molecule has 9 heteroatoms. The first-order valence-corrected chi connectivity index (χ1v) is 12.7. The lowest BCUT2D eigenvalue weighted by molar-refractivity contribution is -0.384. The number of hydrogen-bond donors (Lipinski definition) is 2. The van der Waals surface area contributed by atoms with E-state index in [1.54, 1.807) is 12.1 Å². The maximum Gasteiger partial charge on any atom is 0.270 e. The SMILES string of the molecule is Cc1ccc2c(c1)[C@]1(C(=O)N2)N2CCC[C@@H]2[C@@H](C(=O)c2cccc([N+](=O)[O-])c2)[C@@]12C(=O)Nc1ccccc12. The predicted octanol–water partition coefficient (Wildman–Crippen LogP) is 3.92. The predicted molar refractivity (Wildman–Crippen MR) is 139 cm³/mol. The fraction of sp³-hybridized carbons (Fsp3) is 0.276. The zero-order valence-electron chi connectivity index (χ0n) is 20.6. The lowest BCUT2D eigenvalue weighted by atomic mass is 9.57. The normalized spacial score (nSPS) is 28.8. The number of hydrogen-bond acceptors (Lipinski definition) is 6. The second kappa shape index (κ2) is 7.58. The van der Waals surface area contributed by atoms with Crippen molar-refractivity contribution in [2.75, 3.05) is 17.2 Å². The van der Waals surface area contributed by atoms with Crippen LogP contribution in [0.2, 0.25) is 0 Å². The number of nitrogens with one attached hydrogen (secondary N) is 2. The molecule has 38 heavy (non-hydrogen) atoms. The number of carbonyl (C=O) groups is 3. The van der Waals surface area contributed by atoms with Crippen molar-refractivity contribution in [3.05, 3.63) is 99.1 Å². The van der Waals surface area contributed by atoms with Gasteiger partial charge in [-0.25, -0.2) is 0 Å². The van der Waals surface area contributed by atoms with Gasteiger partial charge < -0.3 is 10.6 Å². The number of nitro benzene ring substituents is 1. The van der Waals surface area contributed by atoms with E-state index in [-0.39, 0.29) is 22.9 Å². The number of nitrogens with zero attached hydrogens (tertiary/aromatic N) is 2. The maximum atomic E-state index is 14.5. The summed E-state index contributed by atoms with van der Waals surface area (Å²) in [6.45, 7) is 2.48. The second-order valence-electron chi connectivity index (χ2n) is 10.6. The Bertz CT molecular complexity index is 1600. The summed E-state index contributed by atoms with van der Waals surface area (Å²) in [5, 5.41) is 17.6. The monoisotopic (exact) mass is 508 g/mol. The molecule has 9 nitrogen and oxygen atoms in total. The molecular weight excluding hydrogens is 484 g/mol. The molecule has 2 saturated heterocycles. The van der Waals surface area contributed by atoms with Crippen molar-refractivity contribution in [2.45, 2.75) is 36.8 Å². The molecule has 3 aromatic rings. The van der Waals surface area contributed by atoms with Crippen molar-refractivity contribution in [2.24, 2.45) is 5.92 Å². The van der Waals surface area contributed by atoms with E-state index in [0.29, 0.717) is 35.5 Å². The van der Waals surface area contributed by atoms with E-state index in [1.807, 2.05) is 43.3 Å². The fourth-order valence-corrected chi connectivity index (χ4v) is 7.64. The molecule has 2 fully saturated rings. The number of amides is 2. The Hall–Kier alpha value is -4.37. The first-order chi connectivity index (χ1) is 18.3. The van der Waals surface area contributed by atoms with E-state index in [0.717, 1.165) is 12.0 Å². The second-order valence-corrected chi connectivity index (χ2v) is 10.6. The average Bonchev–Trinajstić information content (AvgIpc) is 3.62. The quantitative estimate of drug-likeness (QED) is 0.314. The molecule has 4 aliphatic heterocycles. The number of benzene rings is 3. The first-order valence-electron chi connectivity index (χ1n) is 12.7. The smallest absolute Gasteiger partial charge is 0.270 e. The van der Waals surface area contributed by atoms with Gasteiger partial charge >= 0.3 is 0 Å². The van der Waals surface area contributed by atoms with Crippen LogP contribution >= 0.6 is 0 Å². The molecule has 2 spiro atoms. The number of non-ortho nitro benzene ring substituents is 1. The molecule has 0 aromatic heterocycles. The summed E-state index contributed by atoms with van der Waals surface area (Å²) in [7, 11) is 0. The molecule has 3 aromatic carbocycles. The van der Waals surface area contributed by atoms with Gasteiger partial charge in [-0.3, -0.25) is 29.4 Å². The number of Topliss-reactive ketones (excluding diaryl/α,β-unsaturated/α-hetero) is 1. The molecule has 2 amide bonds. The molecule has 4 aliphatic rings. The third kappa shape index (κ3) is 2.51. The number of ketones is 1. The Morgan fingerprint density at radius 3 is 2.55 bits per heavy atom. The Labute approximate surface area is 218 Å². The molecule has 0 bridgehead atoms. The number of anilines is 2. The molecule has 0 unspecified atom stereocenters. The molecule has 7 rings (SSSR count). The van der Waals surface area contributed by atoms with Crippen molar-refractivity contribution < 1.29 is 19.3 Å². The van der Waals surface area contributed by atoms with Crippen LogP contribution in [0.3, 0.4) is 0 Å². The van der Waals surface area contributed by atoms with Gasteiger partial charge in [0.25, 0.3) is 11.6 Å². The van der Waals surface area contributed by atoms with Crippen LogP contribution in [-0.2, 0) is 20.5 Å². The Morgan fingerprint density at radius 1 is 0.974 bits per heavy atom. The van der Waals surface area contributed by atoms with Gasteiger partial charge in [-0.1, -0.05) is 48.0 Å². The highest BCUT2D eigenvalue weighted by Crippen LogP contribution is 2.67. The number of rotatable bonds is 3. The largest absolute Gasteiger partial charge is 0.325 e. The van der Waals surface area contributed by atoms with Gasteiger partial charge in [0.1, 0.15) is 11.0 Å². The Morgan fingerprint density at radius 2 is 1.74 bits per heavy atom. The van der Waals surface area contributed by atoms with Crippen molar-refractivity contribution in [1.82, 2.24) is 4.90 Å². The maximum absolute atomic E-state index is 14.5. The van der Waals surface area contributed by atoms with Crippen LogP contribution in [0.4, 0.5) is 17.1 Å². The van der Waals surface area contributed by atoms with Gasteiger partial charge in [0.2, 0.25) is 5.91 Å². The summed E-state index contributed by atoms with van der Waals surface area (Å²) < 4.78 is 0. The Kier molecular flexibility index (Phi) is 4.55. The number of carbonyl (C=O) groups excluding carboxylic acids is 3. The topological polar surface area (TPSA) is 122 Å². The van der Waals surface area contributed by atoms with E-state index in [4.69, 9.17) is 0 Å². The summed E-state index contributed by atoms with van der Waals surface area (Å²) in [6, 6.07) is 18.2. The highest BCUT2D eigenvalue weighted by molar-refractivity contribution is 6.21. The number of nitro groups is 1. The van der Waals surface area contributed by atoms with Crippen LogP contribution in [0, 0.1) is 23.0 Å². The summed E-state index contributed by atoms with van der Waals surface area (Å²) in [5.74, 6) is -2.04. The van der Waals surface area contributed by atoms with E-state index < -0.39 is 33.7 Å². The average molecular weight is 509 g/mol. The molecular formula is C29H24N4O5. The summed E-state index contributed by atoms with van der Waals surface area (Å²) in [5.41, 5.74) is 0.375. The molecule has 0 aliphatic carbocycles. The number of para-hydroxylation sites is 1. The molecule has 4 atom stereocenters. The van der Waals surface area contributed by atoms with Gasteiger partial charge in [-0.05, 0) is 44.0 Å². The van der Waals surface area contributed by atoms with Crippen molar-refractivity contribution in [3.8, 4) is 0 Å². The number of aryl methyl sites for hydroxylation is 1. The van der Waals surface area contributed by atoms with Crippen LogP contribution < -0.4 is 10.6 Å². The van der Waals surface area contributed by atoms with Gasteiger partial charge in [-0.2, -0.15) is 0 Å². The van der Waals surface area contributed by atoms with Crippen LogP contribution in [0.1, 0.15) is 39.9 Å².